The molecule has 10 heteroatoms. The second-order valence-electron chi connectivity index (χ2n) is 3.12. The van der Waals surface area contributed by atoms with Crippen molar-refractivity contribution in [2.45, 2.75) is 4.90 Å². The number of fused-ring (bicyclic) bond motifs is 1. The fourth-order valence-electron chi connectivity index (χ4n) is 1.32. The van der Waals surface area contributed by atoms with Gasteiger partial charge in [-0.3, -0.25) is 0 Å². The van der Waals surface area contributed by atoms with Crippen LogP contribution in [0.4, 0.5) is 5.82 Å². The zero-order valence-corrected chi connectivity index (χ0v) is 9.64. The van der Waals surface area contributed by atoms with Gasteiger partial charge in [-0.1, -0.05) is 11.6 Å². The number of nitrogens with zero attached hydrogens (tertiary/aromatic N) is 3. The fraction of sp³-hybridized carbons (Fsp3) is 0. The molecular weight excluding hydrogens is 272 g/mol. The lowest BCUT2D eigenvalue weighted by Gasteiger charge is -1.97. The molecule has 90 valence electrons. The van der Waals surface area contributed by atoms with E-state index in [2.05, 4.69) is 4.98 Å². The van der Waals surface area contributed by atoms with Crippen LogP contribution in [0.25, 0.3) is 5.65 Å². The van der Waals surface area contributed by atoms with Crippen LogP contribution in [-0.2, 0) is 10.0 Å². The van der Waals surface area contributed by atoms with Crippen molar-refractivity contribution in [2.24, 2.45) is 5.14 Å². The Balaban J connectivity index is 2.84. The van der Waals surface area contributed by atoms with E-state index in [1.807, 2.05) is 0 Å². The van der Waals surface area contributed by atoms with E-state index in [0.717, 1.165) is 10.6 Å². The van der Waals surface area contributed by atoms with E-state index in [1.54, 1.807) is 0 Å². The highest BCUT2D eigenvalue weighted by Crippen LogP contribution is 2.25. The summed E-state index contributed by atoms with van der Waals surface area (Å²) in [6.07, 6.45) is 1.00. The summed E-state index contributed by atoms with van der Waals surface area (Å²) >= 11 is 5.57. The summed E-state index contributed by atoms with van der Waals surface area (Å²) in [5.41, 5.74) is 0.161. The van der Waals surface area contributed by atoms with Gasteiger partial charge in [0.15, 0.2) is 0 Å². The Hall–Kier alpha value is -1.71. The number of nitrogens with two attached hydrogens (primary N) is 1. The molecule has 8 nitrogen and oxygen atoms in total. The molecule has 0 aliphatic carbocycles. The van der Waals surface area contributed by atoms with Crippen LogP contribution in [0.3, 0.4) is 0 Å². The predicted molar refractivity (Wildman–Crippen MR) is 58.2 cm³/mol. The maximum atomic E-state index is 11.1. The molecule has 0 saturated carbocycles. The number of hydrogen-bond acceptors (Lipinski definition) is 5. The first-order valence-electron chi connectivity index (χ1n) is 4.15. The predicted octanol–water partition coefficient (Wildman–Crippen LogP) is 0.543. The largest absolute Gasteiger partial charge is 0.367 e. The normalized spacial score (nSPS) is 11.9. The highest BCUT2D eigenvalue weighted by atomic mass is 35.5. The first kappa shape index (κ1) is 11.8. The Morgan fingerprint density at radius 3 is 2.65 bits per heavy atom. The van der Waals surface area contributed by atoms with Crippen LogP contribution < -0.4 is 5.14 Å². The molecule has 2 N–H and O–H groups in total. The molecule has 0 fully saturated rings. The summed E-state index contributed by atoms with van der Waals surface area (Å²) in [6, 6.07) is 2.47. The Morgan fingerprint density at radius 1 is 1.47 bits per heavy atom. The minimum Gasteiger partial charge on any atom is -0.358 e. The molecule has 0 unspecified atom stereocenters. The second-order valence-corrected chi connectivity index (χ2v) is 5.04. The summed E-state index contributed by atoms with van der Waals surface area (Å²) in [5, 5.41) is 15.3. The Kier molecular flexibility index (Phi) is 2.53. The van der Waals surface area contributed by atoms with Crippen molar-refractivity contribution in [3.63, 3.8) is 0 Å². The molecule has 0 bridgehead atoms. The van der Waals surface area contributed by atoms with E-state index < -0.39 is 20.8 Å². The summed E-state index contributed by atoms with van der Waals surface area (Å²) in [5.74, 6) is -0.507. The van der Waals surface area contributed by atoms with Crippen molar-refractivity contribution < 1.29 is 13.3 Å². The van der Waals surface area contributed by atoms with Gasteiger partial charge < -0.3 is 10.1 Å². The van der Waals surface area contributed by atoms with Gasteiger partial charge in [0.25, 0.3) is 0 Å². The van der Waals surface area contributed by atoms with Gasteiger partial charge in [-0.15, -0.1) is 0 Å². The lowest BCUT2D eigenvalue weighted by atomic mass is 10.5. The second kappa shape index (κ2) is 3.65. The summed E-state index contributed by atoms with van der Waals surface area (Å²) < 4.78 is 23.2. The van der Waals surface area contributed by atoms with Crippen LogP contribution in [0.5, 0.6) is 0 Å². The van der Waals surface area contributed by atoms with Gasteiger partial charge in [0.05, 0.1) is 0 Å². The van der Waals surface area contributed by atoms with E-state index in [9.17, 15) is 18.5 Å². The number of nitro groups is 1. The molecule has 2 aromatic rings. The van der Waals surface area contributed by atoms with Crippen LogP contribution in [0, 0.1) is 10.1 Å². The number of pyridine rings is 1. The summed E-state index contributed by atoms with van der Waals surface area (Å²) in [6.45, 7) is 0. The molecule has 0 aromatic carbocycles. The van der Waals surface area contributed by atoms with Crippen molar-refractivity contribution in [1.82, 2.24) is 9.38 Å². The maximum Gasteiger partial charge on any atom is 0.367 e. The number of imidazole rings is 1. The smallest absolute Gasteiger partial charge is 0.358 e. The number of aromatic nitrogens is 2. The van der Waals surface area contributed by atoms with Crippen molar-refractivity contribution in [3.8, 4) is 0 Å². The van der Waals surface area contributed by atoms with E-state index in [0.29, 0.717) is 0 Å². The Morgan fingerprint density at radius 2 is 2.12 bits per heavy atom. The monoisotopic (exact) mass is 276 g/mol. The molecule has 17 heavy (non-hydrogen) atoms. The van der Waals surface area contributed by atoms with E-state index >= 15 is 0 Å². The quantitative estimate of drug-likeness (QED) is 0.634. The maximum absolute atomic E-state index is 11.1. The molecule has 2 aromatic heterocycles. The third-order valence-corrected chi connectivity index (χ3v) is 3.18. The SMILES string of the molecule is NS(=O)(=O)c1ccc2nc(Cl)c([N+](=O)[O-])n2c1. The van der Waals surface area contributed by atoms with Crippen LogP contribution >= 0.6 is 11.6 Å². The molecule has 0 amide bonds. The molecule has 0 atom stereocenters. The average molecular weight is 277 g/mol. The lowest BCUT2D eigenvalue weighted by Crippen LogP contribution is -2.13. The van der Waals surface area contributed by atoms with Crippen molar-refractivity contribution in [2.75, 3.05) is 0 Å². The zero-order valence-electron chi connectivity index (χ0n) is 8.07. The molecular formula is C7H5ClN4O4S. The van der Waals surface area contributed by atoms with Crippen molar-refractivity contribution in [3.05, 3.63) is 33.6 Å². The van der Waals surface area contributed by atoms with E-state index in [-0.39, 0.29) is 15.7 Å². The molecule has 2 heterocycles. The van der Waals surface area contributed by atoms with Gasteiger partial charge in [-0.2, -0.15) is 9.38 Å². The summed E-state index contributed by atoms with van der Waals surface area (Å²) in [4.78, 5) is 13.4. The Bertz CT molecular complexity index is 723. The minimum atomic E-state index is -3.94. The Labute approximate surface area is 99.8 Å². The van der Waals surface area contributed by atoms with Crippen molar-refractivity contribution in [1.29, 1.82) is 0 Å². The lowest BCUT2D eigenvalue weighted by molar-refractivity contribution is -0.390. The fourth-order valence-corrected chi connectivity index (χ4v) is 2.07. The van der Waals surface area contributed by atoms with E-state index in [1.165, 1.54) is 12.1 Å². The van der Waals surface area contributed by atoms with Crippen LogP contribution in [0.15, 0.2) is 23.2 Å². The van der Waals surface area contributed by atoms with Crippen LogP contribution in [-0.4, -0.2) is 22.7 Å². The number of hydrogen-bond donors (Lipinski definition) is 1. The standard InChI is InChI=1S/C7H5ClN4O4S/c8-6-7(12(13)14)11-3-4(17(9,15)16)1-2-5(11)10-6/h1-3H,(H2,9,15,16). The minimum absolute atomic E-state index is 0.161. The molecule has 0 aliphatic heterocycles. The number of halogens is 1. The number of rotatable bonds is 2. The molecule has 0 saturated heterocycles. The van der Waals surface area contributed by atoms with Gasteiger partial charge >= 0.3 is 5.82 Å². The van der Waals surface area contributed by atoms with Gasteiger partial charge in [0.1, 0.15) is 11.1 Å². The topological polar surface area (TPSA) is 121 Å². The van der Waals surface area contributed by atoms with Crippen molar-refractivity contribution >= 4 is 33.1 Å². The highest BCUT2D eigenvalue weighted by molar-refractivity contribution is 7.89. The number of sulfonamides is 1. The molecule has 0 aliphatic rings. The third kappa shape index (κ3) is 1.95. The molecule has 0 spiro atoms. The zero-order chi connectivity index (χ0) is 12.8. The van der Waals surface area contributed by atoms with Crippen LogP contribution in [0.2, 0.25) is 5.15 Å². The highest BCUT2D eigenvalue weighted by Gasteiger charge is 2.23. The van der Waals surface area contributed by atoms with Gasteiger partial charge in [0.2, 0.25) is 20.8 Å². The average Bonchev–Trinajstić information content (AvgIpc) is 2.50. The van der Waals surface area contributed by atoms with E-state index in [4.69, 9.17) is 16.7 Å². The van der Waals surface area contributed by atoms with Crippen LogP contribution in [0.1, 0.15) is 0 Å². The summed E-state index contributed by atoms with van der Waals surface area (Å²) in [7, 11) is -3.94. The number of primary sulfonamides is 1. The van der Waals surface area contributed by atoms with Gasteiger partial charge in [0, 0.05) is 6.07 Å². The first-order chi connectivity index (χ1) is 7.80. The first-order valence-corrected chi connectivity index (χ1v) is 6.08. The van der Waals surface area contributed by atoms with Gasteiger partial charge in [-0.25, -0.2) is 13.6 Å². The molecule has 0 radical (unpaired) electrons. The van der Waals surface area contributed by atoms with Gasteiger partial charge in [-0.05, 0) is 11.0 Å². The third-order valence-electron chi connectivity index (χ3n) is 2.03. The molecule has 2 rings (SSSR count).